The van der Waals surface area contributed by atoms with Crippen molar-refractivity contribution in [1.82, 2.24) is 9.03 Å². The van der Waals surface area contributed by atoms with Gasteiger partial charge in [-0.1, -0.05) is 0 Å². The van der Waals surface area contributed by atoms with Gasteiger partial charge in [0.15, 0.2) is 0 Å². The smallest absolute Gasteiger partial charge is 0.274 e. The summed E-state index contributed by atoms with van der Waals surface area (Å²) < 4.78 is 57.7. The summed E-state index contributed by atoms with van der Waals surface area (Å²) in [6.45, 7) is 1.94. The molecular formula is C16H25N5O7S2. The molecule has 0 aromatic heterocycles. The lowest BCUT2D eigenvalue weighted by atomic mass is 9.98. The van der Waals surface area contributed by atoms with Crippen LogP contribution >= 0.6 is 0 Å². The van der Waals surface area contributed by atoms with Gasteiger partial charge in [-0.3, -0.25) is 10.1 Å². The van der Waals surface area contributed by atoms with E-state index in [1.165, 1.54) is 16.4 Å². The highest BCUT2D eigenvalue weighted by molar-refractivity contribution is 7.89. The van der Waals surface area contributed by atoms with Crippen LogP contribution in [-0.2, 0) is 25.0 Å². The van der Waals surface area contributed by atoms with Crippen LogP contribution in [0, 0.1) is 16.0 Å². The van der Waals surface area contributed by atoms with E-state index in [9.17, 15) is 26.9 Å². The molecule has 0 saturated carbocycles. The molecule has 0 radical (unpaired) electrons. The number of benzene rings is 1. The van der Waals surface area contributed by atoms with Crippen molar-refractivity contribution in [2.45, 2.75) is 17.7 Å². The van der Waals surface area contributed by atoms with Crippen LogP contribution in [0.15, 0.2) is 23.1 Å². The summed E-state index contributed by atoms with van der Waals surface area (Å²) in [7, 11) is -7.80. The summed E-state index contributed by atoms with van der Waals surface area (Å²) in [5.74, 6) is -0.0776. The molecule has 12 nitrogen and oxygen atoms in total. The third-order valence-electron chi connectivity index (χ3n) is 5.17. The molecule has 30 heavy (non-hydrogen) atoms. The third kappa shape index (κ3) is 5.44. The number of nitrogens with two attached hydrogens (primary N) is 1. The fourth-order valence-corrected chi connectivity index (χ4v) is 5.80. The second kappa shape index (κ2) is 9.11. The zero-order valence-corrected chi connectivity index (χ0v) is 17.9. The molecule has 2 aliphatic rings. The number of nitrogens with one attached hydrogen (secondary N) is 1. The zero-order chi connectivity index (χ0) is 21.9. The first-order valence-corrected chi connectivity index (χ1v) is 12.5. The molecule has 0 amide bonds. The summed E-state index contributed by atoms with van der Waals surface area (Å²) in [6.07, 6.45) is 1.46. The fraction of sp³-hybridized carbons (Fsp3) is 0.625. The number of anilines is 1. The van der Waals surface area contributed by atoms with Gasteiger partial charge in [0.1, 0.15) is 4.90 Å². The van der Waals surface area contributed by atoms with Crippen molar-refractivity contribution in [3.63, 3.8) is 0 Å². The lowest BCUT2D eigenvalue weighted by Gasteiger charge is -2.36. The number of nitro benzene ring substituents is 1. The molecule has 1 atom stereocenters. The Hall–Kier alpha value is -1.84. The Bertz CT molecular complexity index is 993. The summed E-state index contributed by atoms with van der Waals surface area (Å²) in [5.41, 5.74) is 0.0578. The molecule has 1 aromatic rings. The topological polar surface area (TPSA) is 165 Å². The molecule has 168 valence electrons. The number of hydrogen-bond acceptors (Lipinski definition) is 8. The van der Waals surface area contributed by atoms with Crippen molar-refractivity contribution in [2.24, 2.45) is 11.1 Å². The third-order valence-corrected chi connectivity index (χ3v) is 7.67. The van der Waals surface area contributed by atoms with Crippen LogP contribution in [0.5, 0.6) is 0 Å². The first kappa shape index (κ1) is 22.8. The Labute approximate surface area is 175 Å². The minimum atomic E-state index is -3.98. The van der Waals surface area contributed by atoms with Crippen molar-refractivity contribution >= 4 is 31.6 Å². The van der Waals surface area contributed by atoms with E-state index < -0.39 is 25.2 Å². The Morgan fingerprint density at radius 2 is 1.90 bits per heavy atom. The number of non-ortho nitro benzene ring substituents is 1. The monoisotopic (exact) mass is 463 g/mol. The molecule has 2 fully saturated rings. The van der Waals surface area contributed by atoms with Gasteiger partial charge in [-0.05, 0) is 24.8 Å². The van der Waals surface area contributed by atoms with Gasteiger partial charge in [-0.25, -0.2) is 18.3 Å². The lowest BCUT2D eigenvalue weighted by molar-refractivity contribution is -0.385. The van der Waals surface area contributed by atoms with Gasteiger partial charge >= 0.3 is 0 Å². The molecule has 0 spiro atoms. The standard InChI is InChI=1S/C16H25N5O7S2/c17-30(26,27)18-11-13-2-1-5-19(12-13)15-4-3-14(21(22)23)10-16(15)29(24,25)20-6-8-28-9-7-20/h3-4,10,13,18H,1-2,5-9,11-12H2,(H2,17,26,27)/t13-/m1/s1. The van der Waals surface area contributed by atoms with E-state index in [2.05, 4.69) is 4.72 Å². The molecule has 3 N–H and O–H groups in total. The van der Waals surface area contributed by atoms with Crippen LogP contribution in [0.3, 0.4) is 0 Å². The van der Waals surface area contributed by atoms with Gasteiger partial charge in [-0.2, -0.15) is 12.7 Å². The second-order valence-corrected chi connectivity index (χ2v) is 10.6. The first-order chi connectivity index (χ1) is 14.1. The molecule has 0 unspecified atom stereocenters. The van der Waals surface area contributed by atoms with Gasteiger partial charge < -0.3 is 9.64 Å². The molecule has 3 rings (SSSR count). The van der Waals surface area contributed by atoms with E-state index in [0.717, 1.165) is 12.5 Å². The van der Waals surface area contributed by atoms with Crippen LogP contribution in [-0.4, -0.2) is 72.0 Å². The number of sulfonamides is 1. The minimum absolute atomic E-state index is 0.0776. The Morgan fingerprint density at radius 1 is 1.20 bits per heavy atom. The average molecular weight is 464 g/mol. The van der Waals surface area contributed by atoms with Crippen LogP contribution in [0.1, 0.15) is 12.8 Å². The van der Waals surface area contributed by atoms with Crippen LogP contribution in [0.4, 0.5) is 11.4 Å². The minimum Gasteiger partial charge on any atom is -0.379 e. The van der Waals surface area contributed by atoms with Crippen molar-refractivity contribution in [3.8, 4) is 0 Å². The van der Waals surface area contributed by atoms with Crippen molar-refractivity contribution < 1.29 is 26.5 Å². The highest BCUT2D eigenvalue weighted by atomic mass is 32.2. The molecule has 2 heterocycles. The SMILES string of the molecule is NS(=O)(=O)NC[C@H]1CCCN(c2ccc([N+](=O)[O-])cc2S(=O)(=O)N2CCOCC2)C1. The predicted molar refractivity (Wildman–Crippen MR) is 109 cm³/mol. The molecule has 2 aliphatic heterocycles. The number of ether oxygens (including phenoxy) is 1. The molecule has 1 aromatic carbocycles. The maximum absolute atomic E-state index is 13.3. The van der Waals surface area contributed by atoms with Gasteiger partial charge in [0.2, 0.25) is 10.0 Å². The van der Waals surface area contributed by atoms with E-state index in [4.69, 9.17) is 9.88 Å². The molecular weight excluding hydrogens is 438 g/mol. The lowest BCUT2D eigenvalue weighted by Crippen LogP contribution is -2.44. The van der Waals surface area contributed by atoms with Crippen molar-refractivity contribution in [3.05, 3.63) is 28.3 Å². The summed E-state index contributed by atoms with van der Waals surface area (Å²) in [5, 5.41) is 16.3. The van der Waals surface area contributed by atoms with Gasteiger partial charge in [-0.15, -0.1) is 0 Å². The largest absolute Gasteiger partial charge is 0.379 e. The number of hydrogen-bond donors (Lipinski definition) is 2. The average Bonchev–Trinajstić information content (AvgIpc) is 2.72. The normalized spacial score (nSPS) is 21.5. The van der Waals surface area contributed by atoms with Crippen LogP contribution in [0.2, 0.25) is 0 Å². The quantitative estimate of drug-likeness (QED) is 0.408. The zero-order valence-electron chi connectivity index (χ0n) is 16.3. The van der Waals surface area contributed by atoms with E-state index in [0.29, 0.717) is 25.2 Å². The molecule has 0 bridgehead atoms. The van der Waals surface area contributed by atoms with E-state index >= 15 is 0 Å². The van der Waals surface area contributed by atoms with Crippen molar-refractivity contribution in [1.29, 1.82) is 0 Å². The van der Waals surface area contributed by atoms with E-state index in [1.54, 1.807) is 0 Å². The maximum Gasteiger partial charge on any atom is 0.274 e. The summed E-state index contributed by atoms with van der Waals surface area (Å²) in [4.78, 5) is 12.3. The van der Waals surface area contributed by atoms with E-state index in [-0.39, 0.29) is 49.3 Å². The number of piperidine rings is 1. The maximum atomic E-state index is 13.3. The highest BCUT2D eigenvalue weighted by Gasteiger charge is 2.33. The number of morpholine rings is 1. The Balaban J connectivity index is 1.92. The molecule has 0 aliphatic carbocycles. The second-order valence-electron chi connectivity index (χ2n) is 7.27. The van der Waals surface area contributed by atoms with Gasteiger partial charge in [0, 0.05) is 44.9 Å². The Kier molecular flexibility index (Phi) is 6.94. The van der Waals surface area contributed by atoms with Crippen molar-refractivity contribution in [2.75, 3.05) is 50.8 Å². The highest BCUT2D eigenvalue weighted by Crippen LogP contribution is 2.34. The molecule has 2 saturated heterocycles. The summed E-state index contributed by atoms with van der Waals surface area (Å²) in [6, 6.07) is 3.81. The number of rotatable bonds is 7. The predicted octanol–water partition coefficient (Wildman–Crippen LogP) is -0.375. The number of nitrogens with zero attached hydrogens (tertiary/aromatic N) is 3. The van der Waals surface area contributed by atoms with E-state index in [1.807, 2.05) is 4.90 Å². The van der Waals surface area contributed by atoms with Gasteiger partial charge in [0.25, 0.3) is 15.9 Å². The van der Waals surface area contributed by atoms with Crippen LogP contribution < -0.4 is 14.8 Å². The van der Waals surface area contributed by atoms with Crippen LogP contribution in [0.25, 0.3) is 0 Å². The first-order valence-electron chi connectivity index (χ1n) is 9.46. The Morgan fingerprint density at radius 3 is 2.53 bits per heavy atom. The number of nitro groups is 1. The summed E-state index contributed by atoms with van der Waals surface area (Å²) >= 11 is 0. The molecule has 14 heteroatoms. The van der Waals surface area contributed by atoms with Gasteiger partial charge in [0.05, 0.1) is 23.8 Å². The fourth-order valence-electron chi connectivity index (χ4n) is 3.69.